The van der Waals surface area contributed by atoms with Crippen LogP contribution in [0.15, 0.2) is 6.07 Å². The fourth-order valence-electron chi connectivity index (χ4n) is 4.45. The topological polar surface area (TPSA) is 56.6 Å². The van der Waals surface area contributed by atoms with Crippen molar-refractivity contribution in [1.82, 2.24) is 14.7 Å². The zero-order valence-electron chi connectivity index (χ0n) is 16.8. The summed E-state index contributed by atoms with van der Waals surface area (Å²) < 4.78 is 13.9. The van der Waals surface area contributed by atoms with Gasteiger partial charge in [-0.2, -0.15) is 5.10 Å². The van der Waals surface area contributed by atoms with Gasteiger partial charge in [0, 0.05) is 45.7 Å². The molecule has 3 fully saturated rings. The average Bonchev–Trinajstić information content (AvgIpc) is 3.43. The monoisotopic (exact) mass is 375 g/mol. The van der Waals surface area contributed by atoms with Gasteiger partial charge in [-0.15, -0.1) is 0 Å². The number of rotatable bonds is 6. The minimum absolute atomic E-state index is 0.0315. The number of nitrogens with zero attached hydrogens (tertiary/aromatic N) is 3. The van der Waals surface area contributed by atoms with Gasteiger partial charge in [0.05, 0.1) is 5.60 Å². The quantitative estimate of drug-likeness (QED) is 0.718. The first kappa shape index (κ1) is 18.9. The van der Waals surface area contributed by atoms with E-state index in [1.807, 2.05) is 24.9 Å². The van der Waals surface area contributed by atoms with Crippen LogP contribution in [0.1, 0.15) is 61.1 Å². The first-order valence-corrected chi connectivity index (χ1v) is 10.6. The van der Waals surface area contributed by atoms with Crippen LogP contribution >= 0.6 is 0 Å². The van der Waals surface area contributed by atoms with Crippen molar-refractivity contribution in [3.8, 4) is 0 Å². The minimum Gasteiger partial charge on any atom is -0.381 e. The van der Waals surface area contributed by atoms with E-state index in [0.717, 1.165) is 76.6 Å². The smallest absolute Gasteiger partial charge is 0.274 e. The van der Waals surface area contributed by atoms with E-state index in [4.69, 9.17) is 9.47 Å². The molecule has 0 radical (unpaired) electrons. The van der Waals surface area contributed by atoms with Crippen LogP contribution in [0.2, 0.25) is 0 Å². The third kappa shape index (κ3) is 4.54. The van der Waals surface area contributed by atoms with E-state index in [1.165, 1.54) is 12.8 Å². The van der Waals surface area contributed by atoms with Crippen LogP contribution in [0.4, 0.5) is 0 Å². The third-order valence-corrected chi connectivity index (χ3v) is 6.61. The van der Waals surface area contributed by atoms with Crippen molar-refractivity contribution in [2.45, 2.75) is 57.5 Å². The van der Waals surface area contributed by atoms with Crippen LogP contribution in [0, 0.1) is 18.8 Å². The predicted molar refractivity (Wildman–Crippen MR) is 103 cm³/mol. The molecule has 150 valence electrons. The molecule has 1 saturated carbocycles. The number of likely N-dealkylation sites (tertiary alicyclic amines) is 1. The number of ether oxygens (including phenoxy) is 2. The molecular formula is C21H33N3O3. The fourth-order valence-corrected chi connectivity index (χ4v) is 4.45. The van der Waals surface area contributed by atoms with Crippen molar-refractivity contribution in [2.75, 3.05) is 32.9 Å². The number of hydrogen-bond acceptors (Lipinski definition) is 4. The zero-order valence-corrected chi connectivity index (χ0v) is 16.8. The summed E-state index contributed by atoms with van der Waals surface area (Å²) in [6.45, 7) is 6.19. The standard InChI is InChI=1S/C21H33N3O3/c1-16-13-19(22-23(16)2)20(25)24-9-7-21(8-10-24)14-17(6-12-27-21)5-11-26-15-18-3-4-18/h13,17-18H,3-12,14-15H2,1-2H3. The molecule has 1 aromatic heterocycles. The molecule has 6 heteroatoms. The van der Waals surface area contributed by atoms with Crippen molar-refractivity contribution in [1.29, 1.82) is 0 Å². The fraction of sp³-hybridized carbons (Fsp3) is 0.810. The van der Waals surface area contributed by atoms with Gasteiger partial charge in [-0.25, -0.2) is 0 Å². The second-order valence-corrected chi connectivity index (χ2v) is 8.78. The lowest BCUT2D eigenvalue weighted by atomic mass is 9.78. The Balaban J connectivity index is 1.26. The van der Waals surface area contributed by atoms with Gasteiger partial charge in [-0.1, -0.05) is 0 Å². The number of piperidine rings is 1. The molecule has 1 unspecified atom stereocenters. The van der Waals surface area contributed by atoms with Crippen LogP contribution in [0.25, 0.3) is 0 Å². The number of hydrogen-bond donors (Lipinski definition) is 0. The molecule has 1 spiro atoms. The van der Waals surface area contributed by atoms with Crippen LogP contribution in [-0.2, 0) is 16.5 Å². The number of amides is 1. The molecule has 0 N–H and O–H groups in total. The highest BCUT2D eigenvalue weighted by molar-refractivity contribution is 5.92. The highest BCUT2D eigenvalue weighted by atomic mass is 16.5. The second-order valence-electron chi connectivity index (χ2n) is 8.78. The molecule has 2 saturated heterocycles. The summed E-state index contributed by atoms with van der Waals surface area (Å²) in [5.74, 6) is 1.59. The number of carbonyl (C=O) groups excluding carboxylic acids is 1. The van der Waals surface area contributed by atoms with Gasteiger partial charge < -0.3 is 14.4 Å². The molecule has 1 atom stereocenters. The first-order valence-electron chi connectivity index (χ1n) is 10.6. The van der Waals surface area contributed by atoms with Gasteiger partial charge in [0.15, 0.2) is 5.69 Å². The Labute approximate surface area is 162 Å². The molecule has 6 nitrogen and oxygen atoms in total. The highest BCUT2D eigenvalue weighted by Crippen LogP contribution is 2.39. The third-order valence-electron chi connectivity index (χ3n) is 6.61. The Morgan fingerprint density at radius 2 is 2.07 bits per heavy atom. The Morgan fingerprint density at radius 1 is 1.30 bits per heavy atom. The summed E-state index contributed by atoms with van der Waals surface area (Å²) in [5.41, 5.74) is 1.53. The molecule has 1 amide bonds. The van der Waals surface area contributed by atoms with E-state index >= 15 is 0 Å². The lowest BCUT2D eigenvalue weighted by Gasteiger charge is -2.46. The summed E-state index contributed by atoms with van der Waals surface area (Å²) in [6, 6.07) is 1.88. The Hall–Kier alpha value is -1.40. The van der Waals surface area contributed by atoms with E-state index < -0.39 is 0 Å². The number of carbonyl (C=O) groups is 1. The molecule has 27 heavy (non-hydrogen) atoms. The lowest BCUT2D eigenvalue weighted by Crippen LogP contribution is -2.51. The maximum atomic E-state index is 12.7. The van der Waals surface area contributed by atoms with E-state index in [2.05, 4.69) is 5.10 Å². The second kappa shape index (κ2) is 7.92. The average molecular weight is 376 g/mol. The largest absolute Gasteiger partial charge is 0.381 e. The highest BCUT2D eigenvalue weighted by Gasteiger charge is 2.41. The molecule has 4 rings (SSSR count). The summed E-state index contributed by atoms with van der Waals surface area (Å²) in [7, 11) is 1.88. The van der Waals surface area contributed by atoms with Crippen molar-refractivity contribution in [2.24, 2.45) is 18.9 Å². The van der Waals surface area contributed by atoms with E-state index in [0.29, 0.717) is 11.6 Å². The van der Waals surface area contributed by atoms with E-state index in [1.54, 1.807) is 4.68 Å². The molecule has 3 aliphatic rings. The van der Waals surface area contributed by atoms with Crippen LogP contribution in [-0.4, -0.2) is 59.1 Å². The molecule has 1 aliphatic carbocycles. The van der Waals surface area contributed by atoms with E-state index in [9.17, 15) is 4.79 Å². The normalized spacial score (nSPS) is 25.1. The molecule has 0 bridgehead atoms. The van der Waals surface area contributed by atoms with Crippen molar-refractivity contribution < 1.29 is 14.3 Å². The minimum atomic E-state index is -0.0315. The maximum absolute atomic E-state index is 12.7. The SMILES string of the molecule is Cc1cc(C(=O)N2CCC3(CC2)CC(CCOCC2CC2)CCO3)nn1C. The molecule has 0 aromatic carbocycles. The first-order chi connectivity index (χ1) is 13.0. The molecular weight excluding hydrogens is 342 g/mol. The number of aryl methyl sites for hydroxylation is 2. The number of aromatic nitrogens is 2. The Kier molecular flexibility index (Phi) is 5.55. The molecule has 1 aromatic rings. The van der Waals surface area contributed by atoms with Crippen LogP contribution < -0.4 is 0 Å². The Bertz CT molecular complexity index is 640. The van der Waals surface area contributed by atoms with Crippen molar-refractivity contribution in [3.05, 3.63) is 17.5 Å². The summed E-state index contributed by atoms with van der Waals surface area (Å²) in [4.78, 5) is 14.7. The zero-order chi connectivity index (χ0) is 18.9. The molecule has 2 aliphatic heterocycles. The summed E-state index contributed by atoms with van der Waals surface area (Å²) in [5, 5.41) is 4.34. The van der Waals surface area contributed by atoms with Gasteiger partial charge in [0.1, 0.15) is 0 Å². The van der Waals surface area contributed by atoms with Crippen molar-refractivity contribution >= 4 is 5.91 Å². The predicted octanol–water partition coefficient (Wildman–Crippen LogP) is 2.95. The van der Waals surface area contributed by atoms with Gasteiger partial charge in [-0.05, 0) is 69.8 Å². The van der Waals surface area contributed by atoms with Crippen molar-refractivity contribution in [3.63, 3.8) is 0 Å². The summed E-state index contributed by atoms with van der Waals surface area (Å²) in [6.07, 6.45) is 7.98. The maximum Gasteiger partial charge on any atom is 0.274 e. The van der Waals surface area contributed by atoms with Gasteiger partial charge in [-0.3, -0.25) is 9.48 Å². The van der Waals surface area contributed by atoms with Gasteiger partial charge in [0.2, 0.25) is 0 Å². The lowest BCUT2D eigenvalue weighted by molar-refractivity contribution is -0.126. The summed E-state index contributed by atoms with van der Waals surface area (Å²) >= 11 is 0. The van der Waals surface area contributed by atoms with E-state index in [-0.39, 0.29) is 11.5 Å². The van der Waals surface area contributed by atoms with Gasteiger partial charge in [0.25, 0.3) is 5.91 Å². The van der Waals surface area contributed by atoms with Gasteiger partial charge >= 0.3 is 0 Å². The van der Waals surface area contributed by atoms with Crippen LogP contribution in [0.3, 0.4) is 0 Å². The molecule has 3 heterocycles. The Morgan fingerprint density at radius 3 is 2.74 bits per heavy atom. The van der Waals surface area contributed by atoms with Crippen LogP contribution in [0.5, 0.6) is 0 Å².